The van der Waals surface area contributed by atoms with Gasteiger partial charge in [0.1, 0.15) is 5.75 Å². The summed E-state index contributed by atoms with van der Waals surface area (Å²) in [4.78, 5) is 2.47. The molecule has 0 saturated heterocycles. The van der Waals surface area contributed by atoms with Crippen molar-refractivity contribution in [2.45, 2.75) is 39.0 Å². The fraction of sp³-hybridized carbons (Fsp3) is 0.571. The molecule has 1 saturated carbocycles. The molecule has 0 aromatic heterocycles. The minimum atomic E-state index is 0.0898. The predicted octanol–water partition coefficient (Wildman–Crippen LogP) is 2.17. The summed E-state index contributed by atoms with van der Waals surface area (Å²) in [7, 11) is 1.70. The molecule has 1 aliphatic carbocycles. The lowest BCUT2D eigenvalue weighted by atomic mass is 10.1. The molecule has 0 unspecified atom stereocenters. The highest BCUT2D eigenvalue weighted by molar-refractivity contribution is 5.37. The largest absolute Gasteiger partial charge is 0.496 e. The van der Waals surface area contributed by atoms with E-state index >= 15 is 0 Å². The van der Waals surface area contributed by atoms with Gasteiger partial charge in [-0.25, -0.2) is 0 Å². The minimum Gasteiger partial charge on any atom is -0.496 e. The highest BCUT2D eigenvalue weighted by atomic mass is 16.5. The van der Waals surface area contributed by atoms with Crippen LogP contribution in [0.25, 0.3) is 0 Å². The first-order valence-corrected chi connectivity index (χ1v) is 6.29. The van der Waals surface area contributed by atoms with Crippen LogP contribution < -0.4 is 4.74 Å². The lowest BCUT2D eigenvalue weighted by Crippen LogP contribution is -2.25. The van der Waals surface area contributed by atoms with E-state index in [9.17, 15) is 5.11 Å². The Hall–Kier alpha value is -1.06. The first-order chi connectivity index (χ1) is 8.28. The number of benzene rings is 1. The average Bonchev–Trinajstić information content (AvgIpc) is 3.19. The van der Waals surface area contributed by atoms with Gasteiger partial charge in [0.25, 0.3) is 0 Å². The molecule has 0 atom stereocenters. The highest BCUT2D eigenvalue weighted by Gasteiger charge is 2.28. The van der Waals surface area contributed by atoms with E-state index in [-0.39, 0.29) is 6.61 Å². The fourth-order valence-corrected chi connectivity index (χ4v) is 2.21. The molecule has 17 heavy (non-hydrogen) atoms. The Labute approximate surface area is 103 Å². The fourth-order valence-electron chi connectivity index (χ4n) is 2.21. The zero-order valence-corrected chi connectivity index (χ0v) is 10.6. The summed E-state index contributed by atoms with van der Waals surface area (Å²) in [6.07, 6.45) is 2.63. The van der Waals surface area contributed by atoms with E-state index in [1.165, 1.54) is 18.4 Å². The quantitative estimate of drug-likeness (QED) is 0.820. The second-order valence-corrected chi connectivity index (χ2v) is 4.60. The van der Waals surface area contributed by atoms with Crippen LogP contribution >= 0.6 is 0 Å². The van der Waals surface area contributed by atoms with Gasteiger partial charge < -0.3 is 9.84 Å². The standard InChI is InChI=1S/C14H21NO2/c1-3-15(13-5-6-13)9-12-8-11(10-16)4-7-14(12)17-2/h4,7-8,13,16H,3,5-6,9-10H2,1-2H3. The van der Waals surface area contributed by atoms with Crippen LogP contribution in [0, 0.1) is 0 Å². The van der Waals surface area contributed by atoms with Crippen LogP contribution in [-0.4, -0.2) is 29.7 Å². The van der Waals surface area contributed by atoms with Crippen molar-refractivity contribution < 1.29 is 9.84 Å². The second-order valence-electron chi connectivity index (χ2n) is 4.60. The maximum Gasteiger partial charge on any atom is 0.123 e. The number of hydrogen-bond donors (Lipinski definition) is 1. The van der Waals surface area contributed by atoms with Crippen molar-refractivity contribution in [2.75, 3.05) is 13.7 Å². The van der Waals surface area contributed by atoms with E-state index < -0.39 is 0 Å². The summed E-state index contributed by atoms with van der Waals surface area (Å²) < 4.78 is 5.38. The van der Waals surface area contributed by atoms with Gasteiger partial charge >= 0.3 is 0 Å². The monoisotopic (exact) mass is 235 g/mol. The molecule has 0 radical (unpaired) electrons. The van der Waals surface area contributed by atoms with E-state index in [2.05, 4.69) is 11.8 Å². The molecular formula is C14H21NO2. The molecule has 3 nitrogen and oxygen atoms in total. The Morgan fingerprint density at radius 2 is 2.18 bits per heavy atom. The topological polar surface area (TPSA) is 32.7 Å². The van der Waals surface area contributed by atoms with Gasteiger partial charge in [-0.2, -0.15) is 0 Å². The number of aliphatic hydroxyl groups excluding tert-OH is 1. The van der Waals surface area contributed by atoms with E-state index in [4.69, 9.17) is 4.74 Å². The summed E-state index contributed by atoms with van der Waals surface area (Å²) >= 11 is 0. The lowest BCUT2D eigenvalue weighted by Gasteiger charge is -2.21. The SMILES string of the molecule is CCN(Cc1cc(CO)ccc1OC)C1CC1. The van der Waals surface area contributed by atoms with Gasteiger partial charge in [0.05, 0.1) is 13.7 Å². The lowest BCUT2D eigenvalue weighted by molar-refractivity contribution is 0.262. The molecule has 94 valence electrons. The number of methoxy groups -OCH3 is 1. The van der Waals surface area contributed by atoms with Crippen molar-refractivity contribution in [1.82, 2.24) is 4.90 Å². The zero-order chi connectivity index (χ0) is 12.3. The summed E-state index contributed by atoms with van der Waals surface area (Å²) in [6, 6.07) is 6.66. The molecule has 2 rings (SSSR count). The van der Waals surface area contributed by atoms with Crippen LogP contribution in [0.2, 0.25) is 0 Å². The summed E-state index contributed by atoms with van der Waals surface area (Å²) in [5.74, 6) is 0.918. The maximum absolute atomic E-state index is 9.18. The van der Waals surface area contributed by atoms with Crippen LogP contribution in [0.3, 0.4) is 0 Å². The molecule has 1 aromatic carbocycles. The van der Waals surface area contributed by atoms with Crippen LogP contribution in [-0.2, 0) is 13.2 Å². The number of hydrogen-bond acceptors (Lipinski definition) is 3. The average molecular weight is 235 g/mol. The van der Waals surface area contributed by atoms with Crippen molar-refractivity contribution in [3.8, 4) is 5.75 Å². The first kappa shape index (κ1) is 12.4. The summed E-state index contributed by atoms with van der Waals surface area (Å²) in [5, 5.41) is 9.18. The number of ether oxygens (including phenoxy) is 1. The molecule has 0 spiro atoms. The molecule has 1 aromatic rings. The molecule has 0 heterocycles. The molecular weight excluding hydrogens is 214 g/mol. The number of rotatable bonds is 6. The maximum atomic E-state index is 9.18. The zero-order valence-electron chi connectivity index (χ0n) is 10.6. The third-order valence-electron chi connectivity index (χ3n) is 3.37. The Balaban J connectivity index is 2.16. The summed E-state index contributed by atoms with van der Waals surface area (Å²) in [6.45, 7) is 4.27. The molecule has 3 heteroatoms. The van der Waals surface area contributed by atoms with Gasteiger partial charge in [0, 0.05) is 18.2 Å². The first-order valence-electron chi connectivity index (χ1n) is 6.29. The van der Waals surface area contributed by atoms with Crippen LogP contribution in [0.1, 0.15) is 30.9 Å². The Morgan fingerprint density at radius 3 is 2.71 bits per heavy atom. The van der Waals surface area contributed by atoms with E-state index in [0.29, 0.717) is 0 Å². The van der Waals surface area contributed by atoms with E-state index in [0.717, 1.165) is 30.4 Å². The van der Waals surface area contributed by atoms with Crippen LogP contribution in [0.5, 0.6) is 5.75 Å². The van der Waals surface area contributed by atoms with Gasteiger partial charge in [0.2, 0.25) is 0 Å². The van der Waals surface area contributed by atoms with Gasteiger partial charge in [-0.15, -0.1) is 0 Å². The Bertz CT molecular complexity index is 374. The van der Waals surface area contributed by atoms with Crippen LogP contribution in [0.4, 0.5) is 0 Å². The normalized spacial score (nSPS) is 15.3. The molecule has 0 amide bonds. The van der Waals surface area contributed by atoms with Gasteiger partial charge in [-0.3, -0.25) is 4.90 Å². The van der Waals surface area contributed by atoms with E-state index in [1.807, 2.05) is 18.2 Å². The van der Waals surface area contributed by atoms with Crippen molar-refractivity contribution in [3.05, 3.63) is 29.3 Å². The molecule has 0 bridgehead atoms. The molecule has 1 aliphatic rings. The van der Waals surface area contributed by atoms with Crippen LogP contribution in [0.15, 0.2) is 18.2 Å². The third-order valence-corrected chi connectivity index (χ3v) is 3.37. The van der Waals surface area contributed by atoms with Gasteiger partial charge in [-0.1, -0.05) is 13.0 Å². The molecule has 1 fully saturated rings. The highest BCUT2D eigenvalue weighted by Crippen LogP contribution is 2.30. The van der Waals surface area contributed by atoms with Gasteiger partial charge in [0.15, 0.2) is 0 Å². The molecule has 0 aliphatic heterocycles. The van der Waals surface area contributed by atoms with Crippen molar-refractivity contribution in [2.24, 2.45) is 0 Å². The van der Waals surface area contributed by atoms with E-state index in [1.54, 1.807) is 7.11 Å². The number of nitrogens with zero attached hydrogens (tertiary/aromatic N) is 1. The Morgan fingerprint density at radius 1 is 1.41 bits per heavy atom. The molecule has 1 N–H and O–H groups in total. The second kappa shape index (κ2) is 5.52. The van der Waals surface area contributed by atoms with Crippen molar-refractivity contribution in [3.63, 3.8) is 0 Å². The van der Waals surface area contributed by atoms with Crippen molar-refractivity contribution >= 4 is 0 Å². The van der Waals surface area contributed by atoms with Gasteiger partial charge in [-0.05, 0) is 37.1 Å². The smallest absolute Gasteiger partial charge is 0.123 e. The van der Waals surface area contributed by atoms with Crippen molar-refractivity contribution in [1.29, 1.82) is 0 Å². The number of aliphatic hydroxyl groups is 1. The Kier molecular flexibility index (Phi) is 4.02. The third kappa shape index (κ3) is 2.99. The predicted molar refractivity (Wildman–Crippen MR) is 68.0 cm³/mol. The minimum absolute atomic E-state index is 0.0898. The summed E-state index contributed by atoms with van der Waals surface area (Å²) in [5.41, 5.74) is 2.13.